The molecule has 98 valence electrons. The SMILES string of the molecule is CC(C)CNCc1cncn1Cc1cc(Br)cs1. The molecule has 2 aromatic heterocycles. The zero-order valence-electron chi connectivity index (χ0n) is 10.7. The van der Waals surface area contributed by atoms with Crippen molar-refractivity contribution in [1.29, 1.82) is 0 Å². The van der Waals surface area contributed by atoms with Gasteiger partial charge in [0.2, 0.25) is 0 Å². The number of thiophene rings is 1. The van der Waals surface area contributed by atoms with E-state index in [9.17, 15) is 0 Å². The van der Waals surface area contributed by atoms with Crippen molar-refractivity contribution in [2.24, 2.45) is 5.92 Å². The molecule has 5 heteroatoms. The van der Waals surface area contributed by atoms with Gasteiger partial charge in [0.1, 0.15) is 0 Å². The van der Waals surface area contributed by atoms with Crippen molar-refractivity contribution in [3.05, 3.63) is 39.0 Å². The number of hydrogen-bond acceptors (Lipinski definition) is 3. The first-order chi connectivity index (χ1) is 8.65. The summed E-state index contributed by atoms with van der Waals surface area (Å²) in [5.41, 5.74) is 1.24. The Labute approximate surface area is 120 Å². The second-order valence-corrected chi connectivity index (χ2v) is 6.68. The van der Waals surface area contributed by atoms with Gasteiger partial charge in [0.05, 0.1) is 18.6 Å². The van der Waals surface area contributed by atoms with Gasteiger partial charge in [0.25, 0.3) is 0 Å². The van der Waals surface area contributed by atoms with E-state index in [1.807, 2.05) is 12.5 Å². The van der Waals surface area contributed by atoms with E-state index in [-0.39, 0.29) is 0 Å². The van der Waals surface area contributed by atoms with E-state index in [0.717, 1.165) is 24.1 Å². The summed E-state index contributed by atoms with van der Waals surface area (Å²) in [4.78, 5) is 5.58. The maximum absolute atomic E-state index is 4.24. The van der Waals surface area contributed by atoms with Gasteiger partial charge < -0.3 is 9.88 Å². The molecule has 0 amide bonds. The number of nitrogens with zero attached hydrogens (tertiary/aromatic N) is 2. The van der Waals surface area contributed by atoms with Crippen molar-refractivity contribution in [3.63, 3.8) is 0 Å². The summed E-state index contributed by atoms with van der Waals surface area (Å²) in [6.45, 7) is 7.25. The van der Waals surface area contributed by atoms with Gasteiger partial charge in [0, 0.05) is 27.5 Å². The van der Waals surface area contributed by atoms with Crippen LogP contribution in [-0.2, 0) is 13.1 Å². The maximum Gasteiger partial charge on any atom is 0.0952 e. The minimum atomic E-state index is 0.676. The first-order valence-corrected chi connectivity index (χ1v) is 7.75. The van der Waals surface area contributed by atoms with E-state index in [1.54, 1.807) is 11.3 Å². The fraction of sp³-hybridized carbons (Fsp3) is 0.462. The predicted octanol–water partition coefficient (Wildman–Crippen LogP) is 3.50. The summed E-state index contributed by atoms with van der Waals surface area (Å²) in [6.07, 6.45) is 3.84. The molecule has 2 rings (SSSR count). The highest BCUT2D eigenvalue weighted by Gasteiger charge is 2.05. The third-order valence-electron chi connectivity index (χ3n) is 2.61. The number of hydrogen-bond donors (Lipinski definition) is 1. The Morgan fingerprint density at radius 1 is 1.50 bits per heavy atom. The average molecular weight is 328 g/mol. The minimum Gasteiger partial charge on any atom is -0.328 e. The average Bonchev–Trinajstić information content (AvgIpc) is 2.89. The third kappa shape index (κ3) is 3.93. The second kappa shape index (κ2) is 6.50. The topological polar surface area (TPSA) is 29.9 Å². The van der Waals surface area contributed by atoms with E-state index >= 15 is 0 Å². The summed E-state index contributed by atoms with van der Waals surface area (Å²) in [7, 11) is 0. The van der Waals surface area contributed by atoms with Crippen LogP contribution in [0.15, 0.2) is 28.4 Å². The molecular formula is C13H18BrN3S. The van der Waals surface area contributed by atoms with Gasteiger partial charge in [-0.15, -0.1) is 11.3 Å². The minimum absolute atomic E-state index is 0.676. The zero-order chi connectivity index (χ0) is 13.0. The Hall–Kier alpha value is -0.650. The van der Waals surface area contributed by atoms with Gasteiger partial charge in [-0.3, -0.25) is 0 Å². The molecule has 0 bridgehead atoms. The molecule has 2 aromatic rings. The van der Waals surface area contributed by atoms with Crippen molar-refractivity contribution in [2.75, 3.05) is 6.54 Å². The Morgan fingerprint density at radius 3 is 3.00 bits per heavy atom. The van der Waals surface area contributed by atoms with Crippen LogP contribution in [0.1, 0.15) is 24.4 Å². The Morgan fingerprint density at radius 2 is 2.33 bits per heavy atom. The van der Waals surface area contributed by atoms with Crippen LogP contribution in [0, 0.1) is 5.92 Å². The van der Waals surface area contributed by atoms with Crippen LogP contribution in [0.2, 0.25) is 0 Å². The lowest BCUT2D eigenvalue weighted by atomic mass is 10.2. The number of nitrogens with one attached hydrogen (secondary N) is 1. The third-order valence-corrected chi connectivity index (χ3v) is 4.29. The lowest BCUT2D eigenvalue weighted by molar-refractivity contribution is 0.539. The summed E-state index contributed by atoms with van der Waals surface area (Å²) >= 11 is 5.26. The van der Waals surface area contributed by atoms with Crippen LogP contribution < -0.4 is 5.32 Å². The van der Waals surface area contributed by atoms with Gasteiger partial charge in [0.15, 0.2) is 0 Å². The summed E-state index contributed by atoms with van der Waals surface area (Å²) in [6, 6.07) is 2.16. The highest BCUT2D eigenvalue weighted by Crippen LogP contribution is 2.21. The molecule has 0 aliphatic heterocycles. The molecule has 0 unspecified atom stereocenters. The molecule has 0 aromatic carbocycles. The monoisotopic (exact) mass is 327 g/mol. The highest BCUT2D eigenvalue weighted by molar-refractivity contribution is 9.10. The van der Waals surface area contributed by atoms with Crippen LogP contribution >= 0.6 is 27.3 Å². The first kappa shape index (κ1) is 13.8. The predicted molar refractivity (Wildman–Crippen MR) is 79.9 cm³/mol. The normalized spacial score (nSPS) is 11.3. The van der Waals surface area contributed by atoms with E-state index in [2.05, 4.69) is 56.1 Å². The van der Waals surface area contributed by atoms with Crippen LogP contribution in [0.4, 0.5) is 0 Å². The first-order valence-electron chi connectivity index (χ1n) is 6.08. The molecule has 18 heavy (non-hydrogen) atoms. The molecule has 3 nitrogen and oxygen atoms in total. The van der Waals surface area contributed by atoms with Crippen LogP contribution in [0.5, 0.6) is 0 Å². The molecular weight excluding hydrogens is 310 g/mol. The summed E-state index contributed by atoms with van der Waals surface area (Å²) in [5, 5.41) is 5.57. The van der Waals surface area contributed by atoms with E-state index in [1.165, 1.54) is 10.6 Å². The van der Waals surface area contributed by atoms with E-state index in [0.29, 0.717) is 5.92 Å². The largest absolute Gasteiger partial charge is 0.328 e. The lowest BCUT2D eigenvalue weighted by Gasteiger charge is -2.09. The lowest BCUT2D eigenvalue weighted by Crippen LogP contribution is -2.20. The van der Waals surface area contributed by atoms with Gasteiger partial charge in [-0.25, -0.2) is 4.98 Å². The molecule has 0 saturated heterocycles. The maximum atomic E-state index is 4.24. The van der Waals surface area contributed by atoms with E-state index in [4.69, 9.17) is 0 Å². The van der Waals surface area contributed by atoms with Gasteiger partial charge in [-0.2, -0.15) is 0 Å². The summed E-state index contributed by atoms with van der Waals surface area (Å²) in [5.74, 6) is 0.676. The van der Waals surface area contributed by atoms with E-state index < -0.39 is 0 Å². The Balaban J connectivity index is 1.95. The van der Waals surface area contributed by atoms with Crippen molar-refractivity contribution >= 4 is 27.3 Å². The number of halogens is 1. The number of imidazole rings is 1. The Kier molecular flexibility index (Phi) is 4.97. The molecule has 1 N–H and O–H groups in total. The van der Waals surface area contributed by atoms with Crippen LogP contribution in [-0.4, -0.2) is 16.1 Å². The molecule has 0 saturated carbocycles. The van der Waals surface area contributed by atoms with Crippen LogP contribution in [0.25, 0.3) is 0 Å². The quantitative estimate of drug-likeness (QED) is 0.879. The molecule has 0 radical (unpaired) electrons. The van der Waals surface area contributed by atoms with Crippen molar-refractivity contribution in [3.8, 4) is 0 Å². The van der Waals surface area contributed by atoms with Crippen molar-refractivity contribution in [1.82, 2.24) is 14.9 Å². The summed E-state index contributed by atoms with van der Waals surface area (Å²) < 4.78 is 3.35. The molecule has 0 aliphatic rings. The number of aromatic nitrogens is 2. The standard InChI is InChI=1S/C13H18BrN3S/c1-10(2)4-15-5-12-6-16-9-17(12)7-13-3-11(14)8-18-13/h3,6,8-10,15H,4-5,7H2,1-2H3. The molecule has 2 heterocycles. The number of rotatable bonds is 6. The Bertz CT molecular complexity index is 490. The zero-order valence-corrected chi connectivity index (χ0v) is 13.1. The van der Waals surface area contributed by atoms with Crippen LogP contribution in [0.3, 0.4) is 0 Å². The second-order valence-electron chi connectivity index (χ2n) is 4.77. The smallest absolute Gasteiger partial charge is 0.0952 e. The molecule has 0 fully saturated rings. The fourth-order valence-corrected chi connectivity index (χ4v) is 3.18. The molecule has 0 spiro atoms. The van der Waals surface area contributed by atoms with Gasteiger partial charge >= 0.3 is 0 Å². The van der Waals surface area contributed by atoms with Crippen molar-refractivity contribution in [2.45, 2.75) is 26.9 Å². The van der Waals surface area contributed by atoms with Crippen molar-refractivity contribution < 1.29 is 0 Å². The van der Waals surface area contributed by atoms with Gasteiger partial charge in [-0.1, -0.05) is 13.8 Å². The van der Waals surface area contributed by atoms with Gasteiger partial charge in [-0.05, 0) is 34.5 Å². The highest BCUT2D eigenvalue weighted by atomic mass is 79.9. The molecule has 0 atom stereocenters. The fourth-order valence-electron chi connectivity index (χ4n) is 1.73. The molecule has 0 aliphatic carbocycles.